The fraction of sp³-hybridized carbons (Fsp3) is 0.625. The van der Waals surface area contributed by atoms with E-state index in [-0.39, 0.29) is 10.4 Å². The van der Waals surface area contributed by atoms with Gasteiger partial charge >= 0.3 is 18.4 Å². The molecular weight excluding hydrogens is 238 g/mol. The van der Waals surface area contributed by atoms with Crippen molar-refractivity contribution in [3.05, 3.63) is 18.2 Å². The third-order valence-corrected chi connectivity index (χ3v) is 2.21. The maximum atomic E-state index is 13.2. The van der Waals surface area contributed by atoms with Crippen LogP contribution in [0.1, 0.15) is 5.82 Å². The number of aromatic nitrogens is 2. The summed E-state index contributed by atoms with van der Waals surface area (Å²) in [6, 6.07) is -4.65. The Labute approximate surface area is 87.1 Å². The average Bonchev–Trinajstić information content (AvgIpc) is 2.45. The van der Waals surface area contributed by atoms with Crippen LogP contribution in [0.4, 0.5) is 26.3 Å². The van der Waals surface area contributed by atoms with Gasteiger partial charge in [0.15, 0.2) is 0 Å². The number of alkyl halides is 6. The van der Waals surface area contributed by atoms with E-state index in [1.165, 1.54) is 7.05 Å². The maximum absolute atomic E-state index is 13.2. The SMILES string of the molecule is Cc1n(C(F)(F)C(F)C(F)(F)F)cc[n+]1C. The number of aryl methyl sites for hydroxylation is 1. The molecule has 0 aliphatic rings. The van der Waals surface area contributed by atoms with Gasteiger partial charge in [-0.1, -0.05) is 0 Å². The second kappa shape index (κ2) is 3.67. The van der Waals surface area contributed by atoms with Gasteiger partial charge in [0.25, 0.3) is 5.82 Å². The van der Waals surface area contributed by atoms with Crippen molar-refractivity contribution in [3.8, 4) is 0 Å². The van der Waals surface area contributed by atoms with Crippen molar-refractivity contribution in [2.45, 2.75) is 25.3 Å². The van der Waals surface area contributed by atoms with Gasteiger partial charge in [0.2, 0.25) is 0 Å². The molecular formula is C8H9F6N2+. The van der Waals surface area contributed by atoms with Gasteiger partial charge in [-0.05, 0) is 0 Å². The number of halogens is 6. The van der Waals surface area contributed by atoms with Crippen LogP contribution in [0.25, 0.3) is 0 Å². The first-order valence-corrected chi connectivity index (χ1v) is 4.21. The van der Waals surface area contributed by atoms with Crippen molar-refractivity contribution in [2.75, 3.05) is 0 Å². The molecule has 0 aliphatic carbocycles. The summed E-state index contributed by atoms with van der Waals surface area (Å²) < 4.78 is 75.8. The van der Waals surface area contributed by atoms with Crippen LogP contribution in [0.3, 0.4) is 0 Å². The van der Waals surface area contributed by atoms with E-state index in [0.29, 0.717) is 6.20 Å². The van der Waals surface area contributed by atoms with Crippen LogP contribution in [0.2, 0.25) is 0 Å². The summed E-state index contributed by atoms with van der Waals surface area (Å²) in [6.07, 6.45) is -8.01. The highest BCUT2D eigenvalue weighted by Crippen LogP contribution is 2.38. The molecule has 0 bridgehead atoms. The Bertz CT molecular complexity index is 380. The highest BCUT2D eigenvalue weighted by atomic mass is 19.4. The molecule has 8 heteroatoms. The quantitative estimate of drug-likeness (QED) is 0.559. The number of nitrogens with zero attached hydrogens (tertiary/aromatic N) is 2. The summed E-state index contributed by atoms with van der Waals surface area (Å²) in [6.45, 7) is 1.16. The summed E-state index contributed by atoms with van der Waals surface area (Å²) in [4.78, 5) is 0. The Balaban J connectivity index is 3.16. The molecule has 1 atom stereocenters. The summed E-state index contributed by atoms with van der Waals surface area (Å²) in [5.41, 5.74) is 0. The van der Waals surface area contributed by atoms with Crippen LogP contribution in [0, 0.1) is 6.92 Å². The number of rotatable bonds is 2. The zero-order valence-corrected chi connectivity index (χ0v) is 8.39. The summed E-state index contributed by atoms with van der Waals surface area (Å²) >= 11 is 0. The third kappa shape index (κ3) is 2.00. The molecule has 0 aliphatic heterocycles. The molecule has 0 saturated carbocycles. The first-order valence-electron chi connectivity index (χ1n) is 4.21. The van der Waals surface area contributed by atoms with Gasteiger partial charge in [0.05, 0.1) is 7.05 Å². The van der Waals surface area contributed by atoms with Crippen LogP contribution in [0.5, 0.6) is 0 Å². The molecule has 1 unspecified atom stereocenters. The molecule has 0 amide bonds. The minimum Gasteiger partial charge on any atom is -0.237 e. The topological polar surface area (TPSA) is 8.81 Å². The van der Waals surface area contributed by atoms with Crippen LogP contribution >= 0.6 is 0 Å². The van der Waals surface area contributed by atoms with Crippen LogP contribution < -0.4 is 4.57 Å². The molecule has 1 aromatic rings. The van der Waals surface area contributed by atoms with Crippen molar-refractivity contribution >= 4 is 0 Å². The molecule has 0 radical (unpaired) electrons. The zero-order chi connectivity index (χ0) is 12.7. The number of hydrogen-bond donors (Lipinski definition) is 0. The van der Waals surface area contributed by atoms with E-state index in [9.17, 15) is 26.3 Å². The van der Waals surface area contributed by atoms with Gasteiger partial charge < -0.3 is 0 Å². The Morgan fingerprint density at radius 2 is 1.75 bits per heavy atom. The second-order valence-corrected chi connectivity index (χ2v) is 3.32. The van der Waals surface area contributed by atoms with Crippen molar-refractivity contribution < 1.29 is 30.9 Å². The normalized spacial score (nSPS) is 15.2. The monoisotopic (exact) mass is 247 g/mol. The fourth-order valence-corrected chi connectivity index (χ4v) is 1.19. The molecule has 0 spiro atoms. The molecule has 1 rings (SSSR count). The maximum Gasteiger partial charge on any atom is 0.438 e. The van der Waals surface area contributed by atoms with E-state index in [0.717, 1.165) is 17.7 Å². The number of hydrogen-bond acceptors (Lipinski definition) is 0. The van der Waals surface area contributed by atoms with E-state index in [4.69, 9.17) is 0 Å². The van der Waals surface area contributed by atoms with E-state index in [1.807, 2.05) is 0 Å². The fourth-order valence-electron chi connectivity index (χ4n) is 1.19. The van der Waals surface area contributed by atoms with E-state index in [2.05, 4.69) is 0 Å². The molecule has 92 valence electrons. The van der Waals surface area contributed by atoms with E-state index in [1.54, 1.807) is 0 Å². The molecule has 0 N–H and O–H groups in total. The molecule has 1 aromatic heterocycles. The van der Waals surface area contributed by atoms with Crippen molar-refractivity contribution in [2.24, 2.45) is 7.05 Å². The summed E-state index contributed by atoms with van der Waals surface area (Å²) in [7, 11) is 1.36. The highest BCUT2D eigenvalue weighted by Gasteiger charge is 2.62. The summed E-state index contributed by atoms with van der Waals surface area (Å²) in [5, 5.41) is 0. The lowest BCUT2D eigenvalue weighted by molar-refractivity contribution is -0.678. The van der Waals surface area contributed by atoms with Gasteiger partial charge in [-0.3, -0.25) is 0 Å². The van der Waals surface area contributed by atoms with Gasteiger partial charge in [0, 0.05) is 6.92 Å². The molecule has 16 heavy (non-hydrogen) atoms. The summed E-state index contributed by atoms with van der Waals surface area (Å²) in [5.74, 6) is -0.183. The highest BCUT2D eigenvalue weighted by molar-refractivity contribution is 4.90. The van der Waals surface area contributed by atoms with Gasteiger partial charge in [-0.25, -0.2) is 8.96 Å². The van der Waals surface area contributed by atoms with Gasteiger partial charge in [-0.15, -0.1) is 0 Å². The third-order valence-electron chi connectivity index (χ3n) is 2.21. The average molecular weight is 247 g/mol. The molecule has 1 heterocycles. The van der Waals surface area contributed by atoms with E-state index >= 15 is 0 Å². The first-order chi connectivity index (χ1) is 7.08. The van der Waals surface area contributed by atoms with Crippen molar-refractivity contribution in [1.82, 2.24) is 4.57 Å². The Morgan fingerprint density at radius 3 is 2.06 bits per heavy atom. The van der Waals surface area contributed by atoms with Crippen LogP contribution in [-0.2, 0) is 13.1 Å². The lowest BCUT2D eigenvalue weighted by Gasteiger charge is -2.20. The van der Waals surface area contributed by atoms with Crippen molar-refractivity contribution in [3.63, 3.8) is 0 Å². The molecule has 0 aromatic carbocycles. The predicted octanol–water partition coefficient (Wildman–Crippen LogP) is 2.07. The first kappa shape index (κ1) is 12.9. The minimum atomic E-state index is -5.60. The molecule has 0 saturated heterocycles. The zero-order valence-electron chi connectivity index (χ0n) is 8.39. The standard InChI is InChI=1S/C8H9F6N2/c1-5-15(2)3-4-16(5)8(13,14)6(9)7(10,11)12/h3-4,6H,1-2H3/q+1. The molecule has 2 nitrogen and oxygen atoms in total. The van der Waals surface area contributed by atoms with Crippen molar-refractivity contribution in [1.29, 1.82) is 0 Å². The largest absolute Gasteiger partial charge is 0.438 e. The molecule has 0 fully saturated rings. The van der Waals surface area contributed by atoms with Crippen LogP contribution in [-0.4, -0.2) is 16.9 Å². The lowest BCUT2D eigenvalue weighted by atomic mass is 10.3. The second-order valence-electron chi connectivity index (χ2n) is 3.32. The Hall–Kier alpha value is -1.21. The predicted molar refractivity (Wildman–Crippen MR) is 41.5 cm³/mol. The minimum absolute atomic E-state index is 0.0366. The smallest absolute Gasteiger partial charge is 0.237 e. The van der Waals surface area contributed by atoms with Gasteiger partial charge in [-0.2, -0.15) is 26.5 Å². The Morgan fingerprint density at radius 1 is 1.25 bits per heavy atom. The Kier molecular flexibility index (Phi) is 2.95. The van der Waals surface area contributed by atoms with Crippen LogP contribution in [0.15, 0.2) is 12.4 Å². The van der Waals surface area contributed by atoms with E-state index < -0.39 is 18.4 Å². The van der Waals surface area contributed by atoms with Gasteiger partial charge in [0.1, 0.15) is 12.4 Å². The number of imidazole rings is 1. The lowest BCUT2D eigenvalue weighted by Crippen LogP contribution is -2.45.